The highest BCUT2D eigenvalue weighted by Gasteiger charge is 2.17. The molecule has 1 heterocycles. The number of rotatable bonds is 4. The first kappa shape index (κ1) is 12.0. The minimum absolute atomic E-state index is 0.254. The van der Waals surface area contributed by atoms with E-state index in [1.54, 1.807) is 0 Å². The quantitative estimate of drug-likeness (QED) is 0.705. The number of aliphatic hydroxyl groups excluding tert-OH is 1. The third kappa shape index (κ3) is 3.95. The van der Waals surface area contributed by atoms with Gasteiger partial charge in [0, 0.05) is 18.6 Å². The molecule has 1 fully saturated rings. The lowest BCUT2D eigenvalue weighted by Crippen LogP contribution is -2.34. The molecule has 14 heavy (non-hydrogen) atoms. The first-order chi connectivity index (χ1) is 6.74. The Kier molecular flexibility index (Phi) is 5.45. The monoisotopic (exact) mass is 200 g/mol. The molecule has 0 amide bonds. The number of likely N-dealkylation sites (tertiary alicyclic amines) is 1. The van der Waals surface area contributed by atoms with E-state index < -0.39 is 0 Å². The normalized spacial score (nSPS) is 25.3. The SMILES string of the molecule is CC(C)N1CCCC(NCCO)CC1. The molecule has 1 rings (SSSR count). The van der Waals surface area contributed by atoms with Crippen molar-refractivity contribution >= 4 is 0 Å². The van der Waals surface area contributed by atoms with Crippen molar-refractivity contribution in [1.29, 1.82) is 0 Å². The van der Waals surface area contributed by atoms with E-state index in [1.165, 1.54) is 32.4 Å². The second-order valence-electron chi connectivity index (χ2n) is 4.44. The molecule has 0 aromatic carbocycles. The van der Waals surface area contributed by atoms with Crippen LogP contribution in [0.25, 0.3) is 0 Å². The van der Waals surface area contributed by atoms with Crippen molar-refractivity contribution in [2.45, 2.75) is 45.2 Å². The third-order valence-electron chi connectivity index (χ3n) is 3.04. The molecule has 0 aromatic heterocycles. The zero-order valence-electron chi connectivity index (χ0n) is 9.50. The molecule has 1 aliphatic rings. The Morgan fingerprint density at radius 3 is 2.79 bits per heavy atom. The molecule has 1 unspecified atom stereocenters. The van der Waals surface area contributed by atoms with E-state index in [0.717, 1.165) is 6.54 Å². The predicted molar refractivity (Wildman–Crippen MR) is 59.4 cm³/mol. The lowest BCUT2D eigenvalue weighted by molar-refractivity contribution is 0.227. The average molecular weight is 200 g/mol. The molecular formula is C11H24N2O. The van der Waals surface area contributed by atoms with Crippen molar-refractivity contribution in [1.82, 2.24) is 10.2 Å². The second-order valence-corrected chi connectivity index (χ2v) is 4.44. The Morgan fingerprint density at radius 1 is 1.36 bits per heavy atom. The van der Waals surface area contributed by atoms with E-state index in [4.69, 9.17) is 5.11 Å². The van der Waals surface area contributed by atoms with Crippen LogP contribution in [-0.4, -0.2) is 48.3 Å². The molecular weight excluding hydrogens is 176 g/mol. The van der Waals surface area contributed by atoms with Gasteiger partial charge in [-0.1, -0.05) is 0 Å². The third-order valence-corrected chi connectivity index (χ3v) is 3.04. The van der Waals surface area contributed by atoms with Gasteiger partial charge in [0.2, 0.25) is 0 Å². The first-order valence-electron chi connectivity index (χ1n) is 5.82. The standard InChI is InChI=1S/C11H24N2O/c1-10(2)13-7-3-4-11(5-8-13)12-6-9-14/h10-12,14H,3-9H2,1-2H3. The summed E-state index contributed by atoms with van der Waals surface area (Å²) < 4.78 is 0. The fourth-order valence-corrected chi connectivity index (χ4v) is 2.11. The van der Waals surface area contributed by atoms with Gasteiger partial charge in [0.05, 0.1) is 6.61 Å². The van der Waals surface area contributed by atoms with Gasteiger partial charge >= 0.3 is 0 Å². The number of nitrogens with one attached hydrogen (secondary N) is 1. The summed E-state index contributed by atoms with van der Waals surface area (Å²) in [6, 6.07) is 1.29. The maximum Gasteiger partial charge on any atom is 0.0556 e. The fourth-order valence-electron chi connectivity index (χ4n) is 2.11. The summed E-state index contributed by atoms with van der Waals surface area (Å²) in [4.78, 5) is 2.54. The number of hydrogen-bond acceptors (Lipinski definition) is 3. The van der Waals surface area contributed by atoms with E-state index in [9.17, 15) is 0 Å². The molecule has 0 saturated carbocycles. The predicted octanol–water partition coefficient (Wildman–Crippen LogP) is 0.831. The Bertz CT molecular complexity index is 150. The molecule has 0 aliphatic carbocycles. The van der Waals surface area contributed by atoms with Gasteiger partial charge in [-0.15, -0.1) is 0 Å². The minimum atomic E-state index is 0.254. The van der Waals surface area contributed by atoms with Crippen LogP contribution in [0.15, 0.2) is 0 Å². The molecule has 84 valence electrons. The van der Waals surface area contributed by atoms with E-state index >= 15 is 0 Å². The molecule has 0 aromatic rings. The van der Waals surface area contributed by atoms with Crippen LogP contribution >= 0.6 is 0 Å². The zero-order chi connectivity index (χ0) is 10.4. The lowest BCUT2D eigenvalue weighted by Gasteiger charge is -2.24. The van der Waals surface area contributed by atoms with Crippen molar-refractivity contribution in [2.75, 3.05) is 26.2 Å². The van der Waals surface area contributed by atoms with E-state index in [2.05, 4.69) is 24.1 Å². The molecule has 0 bridgehead atoms. The molecule has 1 atom stereocenters. The summed E-state index contributed by atoms with van der Waals surface area (Å²) in [5.74, 6) is 0. The van der Waals surface area contributed by atoms with Crippen LogP contribution in [0.3, 0.4) is 0 Å². The first-order valence-corrected chi connectivity index (χ1v) is 5.82. The van der Waals surface area contributed by atoms with Crippen molar-refractivity contribution < 1.29 is 5.11 Å². The smallest absolute Gasteiger partial charge is 0.0556 e. The second kappa shape index (κ2) is 6.38. The molecule has 3 nitrogen and oxygen atoms in total. The van der Waals surface area contributed by atoms with Gasteiger partial charge in [0.25, 0.3) is 0 Å². The van der Waals surface area contributed by atoms with Gasteiger partial charge in [-0.05, 0) is 46.2 Å². The number of nitrogens with zero attached hydrogens (tertiary/aromatic N) is 1. The van der Waals surface area contributed by atoms with Gasteiger partial charge in [-0.25, -0.2) is 0 Å². The number of aliphatic hydroxyl groups is 1. The Morgan fingerprint density at radius 2 is 2.14 bits per heavy atom. The highest BCUT2D eigenvalue weighted by molar-refractivity contribution is 4.76. The summed E-state index contributed by atoms with van der Waals surface area (Å²) >= 11 is 0. The van der Waals surface area contributed by atoms with E-state index in [1.807, 2.05) is 0 Å². The van der Waals surface area contributed by atoms with E-state index in [-0.39, 0.29) is 6.61 Å². The van der Waals surface area contributed by atoms with Crippen LogP contribution < -0.4 is 5.32 Å². The Labute approximate surface area is 87.5 Å². The van der Waals surface area contributed by atoms with E-state index in [0.29, 0.717) is 12.1 Å². The largest absolute Gasteiger partial charge is 0.395 e. The van der Waals surface area contributed by atoms with Crippen molar-refractivity contribution in [3.05, 3.63) is 0 Å². The van der Waals surface area contributed by atoms with Gasteiger partial charge in [0.1, 0.15) is 0 Å². The summed E-state index contributed by atoms with van der Waals surface area (Å²) in [7, 11) is 0. The molecule has 1 aliphatic heterocycles. The van der Waals surface area contributed by atoms with Gasteiger partial charge in [-0.3, -0.25) is 0 Å². The summed E-state index contributed by atoms with van der Waals surface area (Å²) in [5, 5.41) is 12.1. The van der Waals surface area contributed by atoms with Crippen molar-refractivity contribution in [3.63, 3.8) is 0 Å². The Balaban J connectivity index is 2.26. The van der Waals surface area contributed by atoms with Gasteiger partial charge < -0.3 is 15.3 Å². The van der Waals surface area contributed by atoms with Gasteiger partial charge in [-0.2, -0.15) is 0 Å². The van der Waals surface area contributed by atoms with Crippen molar-refractivity contribution in [2.24, 2.45) is 0 Å². The molecule has 2 N–H and O–H groups in total. The van der Waals surface area contributed by atoms with Crippen LogP contribution in [0, 0.1) is 0 Å². The lowest BCUT2D eigenvalue weighted by atomic mass is 10.1. The topological polar surface area (TPSA) is 35.5 Å². The molecule has 3 heteroatoms. The van der Waals surface area contributed by atoms with Crippen LogP contribution in [-0.2, 0) is 0 Å². The van der Waals surface area contributed by atoms with Crippen LogP contribution in [0.5, 0.6) is 0 Å². The number of hydrogen-bond donors (Lipinski definition) is 2. The summed E-state index contributed by atoms with van der Waals surface area (Å²) in [6.07, 6.45) is 3.75. The molecule has 0 spiro atoms. The van der Waals surface area contributed by atoms with Gasteiger partial charge in [0.15, 0.2) is 0 Å². The van der Waals surface area contributed by atoms with Crippen LogP contribution in [0.1, 0.15) is 33.1 Å². The van der Waals surface area contributed by atoms with Crippen LogP contribution in [0.4, 0.5) is 0 Å². The summed E-state index contributed by atoms with van der Waals surface area (Å²) in [6.45, 7) is 7.95. The average Bonchev–Trinajstić information content (AvgIpc) is 2.39. The zero-order valence-corrected chi connectivity index (χ0v) is 9.50. The van der Waals surface area contributed by atoms with Crippen LogP contribution in [0.2, 0.25) is 0 Å². The fraction of sp³-hybridized carbons (Fsp3) is 1.00. The maximum atomic E-state index is 8.73. The maximum absolute atomic E-state index is 8.73. The highest BCUT2D eigenvalue weighted by Crippen LogP contribution is 2.12. The highest BCUT2D eigenvalue weighted by atomic mass is 16.3. The van der Waals surface area contributed by atoms with Crippen molar-refractivity contribution in [3.8, 4) is 0 Å². The Hall–Kier alpha value is -0.120. The summed E-state index contributed by atoms with van der Waals surface area (Å²) in [5.41, 5.74) is 0. The molecule has 0 radical (unpaired) electrons. The minimum Gasteiger partial charge on any atom is -0.395 e. The molecule has 1 saturated heterocycles.